The summed E-state index contributed by atoms with van der Waals surface area (Å²) in [6.07, 6.45) is 1.33. The van der Waals surface area contributed by atoms with E-state index < -0.39 is 0 Å². The van der Waals surface area contributed by atoms with Crippen molar-refractivity contribution in [2.24, 2.45) is 5.92 Å². The molecule has 13 heavy (non-hydrogen) atoms. The molecule has 1 aliphatic carbocycles. The largest absolute Gasteiger partial charge is 0.496 e. The molecule has 2 nitrogen and oxygen atoms in total. The van der Waals surface area contributed by atoms with Crippen molar-refractivity contribution < 1.29 is 4.74 Å². The summed E-state index contributed by atoms with van der Waals surface area (Å²) in [5.41, 5.74) is 2.68. The Bertz CT molecular complexity index is 334. The molecule has 1 saturated carbocycles. The highest BCUT2D eigenvalue weighted by Gasteiger charge is 2.43. The number of hydrogen-bond acceptors (Lipinski definition) is 2. The van der Waals surface area contributed by atoms with E-state index >= 15 is 0 Å². The zero-order chi connectivity index (χ0) is 8.84. The van der Waals surface area contributed by atoms with Gasteiger partial charge in [0.05, 0.1) is 7.11 Å². The van der Waals surface area contributed by atoms with Crippen LogP contribution in [0.4, 0.5) is 5.69 Å². The summed E-state index contributed by atoms with van der Waals surface area (Å²) in [6, 6.07) is 6.25. The maximum absolute atomic E-state index is 5.37. The summed E-state index contributed by atoms with van der Waals surface area (Å²) < 4.78 is 5.37. The highest BCUT2D eigenvalue weighted by molar-refractivity contribution is 5.63. The van der Waals surface area contributed by atoms with Crippen molar-refractivity contribution in [2.75, 3.05) is 19.0 Å². The Morgan fingerprint density at radius 2 is 2.38 bits per heavy atom. The normalized spacial score (nSPS) is 28.4. The third-order valence-electron chi connectivity index (χ3n) is 3.13. The van der Waals surface area contributed by atoms with E-state index in [1.165, 1.54) is 17.7 Å². The van der Waals surface area contributed by atoms with Crippen LogP contribution < -0.4 is 10.1 Å². The van der Waals surface area contributed by atoms with Gasteiger partial charge in [0.1, 0.15) is 5.75 Å². The predicted octanol–water partition coefficient (Wildman–Crippen LogP) is 2.22. The topological polar surface area (TPSA) is 21.3 Å². The number of methoxy groups -OCH3 is 1. The summed E-state index contributed by atoms with van der Waals surface area (Å²) in [6.45, 7) is 1.14. The van der Waals surface area contributed by atoms with Gasteiger partial charge in [0.25, 0.3) is 0 Å². The first-order valence-electron chi connectivity index (χ1n) is 4.81. The zero-order valence-corrected chi connectivity index (χ0v) is 7.71. The van der Waals surface area contributed by atoms with Crippen LogP contribution in [0.1, 0.15) is 17.9 Å². The second kappa shape index (κ2) is 2.41. The molecule has 0 bridgehead atoms. The van der Waals surface area contributed by atoms with E-state index in [2.05, 4.69) is 17.4 Å². The van der Waals surface area contributed by atoms with Crippen molar-refractivity contribution in [1.29, 1.82) is 0 Å². The molecule has 1 fully saturated rings. The Morgan fingerprint density at radius 1 is 1.46 bits per heavy atom. The molecule has 2 heteroatoms. The second-order valence-electron chi connectivity index (χ2n) is 3.90. The summed E-state index contributed by atoms with van der Waals surface area (Å²) in [5.74, 6) is 2.69. The molecule has 1 heterocycles. The third-order valence-corrected chi connectivity index (χ3v) is 3.13. The maximum atomic E-state index is 5.37. The van der Waals surface area contributed by atoms with Crippen LogP contribution >= 0.6 is 0 Å². The van der Waals surface area contributed by atoms with Crippen molar-refractivity contribution in [1.82, 2.24) is 0 Å². The maximum Gasteiger partial charge on any atom is 0.124 e. The van der Waals surface area contributed by atoms with E-state index in [9.17, 15) is 0 Å². The van der Waals surface area contributed by atoms with Gasteiger partial charge in [-0.3, -0.25) is 0 Å². The molecule has 3 rings (SSSR count). The van der Waals surface area contributed by atoms with Gasteiger partial charge in [0.2, 0.25) is 0 Å². The highest BCUT2D eigenvalue weighted by Crippen LogP contribution is 2.55. The average molecular weight is 175 g/mol. The smallest absolute Gasteiger partial charge is 0.124 e. The number of anilines is 1. The van der Waals surface area contributed by atoms with Gasteiger partial charge in [-0.05, 0) is 30.4 Å². The molecule has 0 aromatic heterocycles. The van der Waals surface area contributed by atoms with Crippen LogP contribution in [0, 0.1) is 5.92 Å². The van der Waals surface area contributed by atoms with Gasteiger partial charge in [-0.15, -0.1) is 0 Å². The quantitative estimate of drug-likeness (QED) is 0.706. The molecule has 2 atom stereocenters. The molecule has 0 amide bonds. The van der Waals surface area contributed by atoms with Crippen molar-refractivity contribution in [3.8, 4) is 5.75 Å². The Hall–Kier alpha value is -1.18. The highest BCUT2D eigenvalue weighted by atomic mass is 16.5. The predicted molar refractivity (Wildman–Crippen MR) is 52.3 cm³/mol. The first-order chi connectivity index (χ1) is 6.40. The van der Waals surface area contributed by atoms with Gasteiger partial charge in [-0.25, -0.2) is 0 Å². The third kappa shape index (κ3) is 0.947. The van der Waals surface area contributed by atoms with E-state index in [1.54, 1.807) is 7.11 Å². The fourth-order valence-corrected chi connectivity index (χ4v) is 2.33. The van der Waals surface area contributed by atoms with Crippen LogP contribution in [-0.4, -0.2) is 13.7 Å². The monoisotopic (exact) mass is 175 g/mol. The number of fused-ring (bicyclic) bond motifs is 3. The first-order valence-corrected chi connectivity index (χ1v) is 4.81. The summed E-state index contributed by atoms with van der Waals surface area (Å²) in [7, 11) is 1.75. The lowest BCUT2D eigenvalue weighted by atomic mass is 10.0. The minimum absolute atomic E-state index is 0.771. The molecule has 2 aliphatic rings. The zero-order valence-electron chi connectivity index (χ0n) is 7.71. The number of rotatable bonds is 1. The Balaban J connectivity index is 2.14. The molecule has 1 aliphatic heterocycles. The van der Waals surface area contributed by atoms with Gasteiger partial charge in [-0.1, -0.05) is 6.07 Å². The standard InChI is InChI=1S/C11H13NO/c1-13-10-4-2-3-9-11(10)8-5-7(8)6-12-9/h2-4,7-8,12H,5-6H2,1H3. The Labute approximate surface area is 77.9 Å². The molecular weight excluding hydrogens is 162 g/mol. The molecule has 1 aromatic rings. The Morgan fingerprint density at radius 3 is 3.23 bits per heavy atom. The average Bonchev–Trinajstić information content (AvgIpc) is 2.95. The van der Waals surface area contributed by atoms with Crippen molar-refractivity contribution in [3.05, 3.63) is 23.8 Å². The molecule has 1 N–H and O–H groups in total. The van der Waals surface area contributed by atoms with Gasteiger partial charge >= 0.3 is 0 Å². The lowest BCUT2D eigenvalue weighted by Crippen LogP contribution is -2.12. The van der Waals surface area contributed by atoms with Crippen molar-refractivity contribution >= 4 is 5.69 Å². The first kappa shape index (κ1) is 7.25. The SMILES string of the molecule is COc1cccc2c1C1CC1CN2. The van der Waals surface area contributed by atoms with E-state index in [-0.39, 0.29) is 0 Å². The van der Waals surface area contributed by atoms with Crippen molar-refractivity contribution in [3.63, 3.8) is 0 Å². The van der Waals surface area contributed by atoms with E-state index in [1.807, 2.05) is 6.07 Å². The lowest BCUT2D eigenvalue weighted by Gasteiger charge is -2.19. The van der Waals surface area contributed by atoms with Gasteiger partial charge < -0.3 is 10.1 Å². The van der Waals surface area contributed by atoms with Crippen LogP contribution in [0.15, 0.2) is 18.2 Å². The number of benzene rings is 1. The van der Waals surface area contributed by atoms with E-state index in [0.29, 0.717) is 0 Å². The number of ether oxygens (including phenoxy) is 1. The molecule has 1 aromatic carbocycles. The van der Waals surface area contributed by atoms with Gasteiger partial charge in [0, 0.05) is 17.8 Å². The van der Waals surface area contributed by atoms with Crippen LogP contribution in [0.5, 0.6) is 5.75 Å². The van der Waals surface area contributed by atoms with Crippen molar-refractivity contribution in [2.45, 2.75) is 12.3 Å². The van der Waals surface area contributed by atoms with Gasteiger partial charge in [-0.2, -0.15) is 0 Å². The molecule has 0 radical (unpaired) electrons. The van der Waals surface area contributed by atoms with E-state index in [4.69, 9.17) is 4.74 Å². The second-order valence-corrected chi connectivity index (χ2v) is 3.90. The van der Waals surface area contributed by atoms with Gasteiger partial charge in [0.15, 0.2) is 0 Å². The minimum Gasteiger partial charge on any atom is -0.496 e. The minimum atomic E-state index is 0.771. The summed E-state index contributed by atoms with van der Waals surface area (Å²) in [4.78, 5) is 0. The lowest BCUT2D eigenvalue weighted by molar-refractivity contribution is 0.409. The summed E-state index contributed by atoms with van der Waals surface area (Å²) in [5, 5.41) is 3.45. The molecular formula is C11H13NO. The molecule has 68 valence electrons. The van der Waals surface area contributed by atoms with Crippen LogP contribution in [0.25, 0.3) is 0 Å². The molecule has 0 saturated heterocycles. The van der Waals surface area contributed by atoms with Crippen LogP contribution in [0.3, 0.4) is 0 Å². The van der Waals surface area contributed by atoms with Crippen LogP contribution in [-0.2, 0) is 0 Å². The molecule has 2 unspecified atom stereocenters. The Kier molecular flexibility index (Phi) is 1.34. The fourth-order valence-electron chi connectivity index (χ4n) is 2.33. The number of nitrogens with one attached hydrogen (secondary N) is 1. The fraction of sp³-hybridized carbons (Fsp3) is 0.455. The molecule has 0 spiro atoms. The summed E-state index contributed by atoms with van der Waals surface area (Å²) >= 11 is 0. The van der Waals surface area contributed by atoms with E-state index in [0.717, 1.165) is 24.1 Å². The number of hydrogen-bond donors (Lipinski definition) is 1. The van der Waals surface area contributed by atoms with Crippen LogP contribution in [0.2, 0.25) is 0 Å².